The predicted octanol–water partition coefficient (Wildman–Crippen LogP) is 4.67. The predicted molar refractivity (Wildman–Crippen MR) is 109 cm³/mol. The molecule has 136 valence electrons. The number of fused-ring (bicyclic) bond motifs is 3. The second-order valence-electron chi connectivity index (χ2n) is 7.13. The monoisotopic (exact) mass is 367 g/mol. The molecule has 1 aliphatic rings. The van der Waals surface area contributed by atoms with Crippen molar-refractivity contribution in [2.75, 3.05) is 5.32 Å². The third-order valence-electron chi connectivity index (χ3n) is 5.06. The number of nitrogens with zero attached hydrogens (tertiary/aromatic N) is 2. The molecule has 0 saturated heterocycles. The van der Waals surface area contributed by atoms with Crippen LogP contribution in [0.2, 0.25) is 0 Å². The summed E-state index contributed by atoms with van der Waals surface area (Å²) in [5.41, 5.74) is 3.84. The van der Waals surface area contributed by atoms with Gasteiger partial charge in [-0.05, 0) is 50.2 Å². The topological polar surface area (TPSA) is 46.9 Å². The fourth-order valence-corrected chi connectivity index (χ4v) is 5.06. The van der Waals surface area contributed by atoms with Crippen molar-refractivity contribution in [3.8, 4) is 0 Å². The molecule has 0 aliphatic heterocycles. The lowest BCUT2D eigenvalue weighted by Gasteiger charge is -2.14. The molecule has 0 bridgehead atoms. The molecule has 3 aromatic rings. The van der Waals surface area contributed by atoms with E-state index in [-0.39, 0.29) is 5.56 Å². The summed E-state index contributed by atoms with van der Waals surface area (Å²) >= 11 is 1.71. The van der Waals surface area contributed by atoms with Crippen LogP contribution in [0.5, 0.6) is 0 Å². The Morgan fingerprint density at radius 1 is 1.27 bits per heavy atom. The summed E-state index contributed by atoms with van der Waals surface area (Å²) in [6.45, 7) is 5.57. The first-order valence-electron chi connectivity index (χ1n) is 9.52. The molecule has 4 nitrogen and oxygen atoms in total. The average molecular weight is 368 g/mol. The van der Waals surface area contributed by atoms with Gasteiger partial charge in [0, 0.05) is 18.0 Å². The summed E-state index contributed by atoms with van der Waals surface area (Å²) in [5.74, 6) is 0.699. The van der Waals surface area contributed by atoms with Gasteiger partial charge in [0.2, 0.25) is 5.95 Å². The Morgan fingerprint density at radius 3 is 2.92 bits per heavy atom. The number of thiophene rings is 1. The summed E-state index contributed by atoms with van der Waals surface area (Å²) in [5, 5.41) is 4.29. The van der Waals surface area contributed by atoms with Gasteiger partial charge in [0.15, 0.2) is 0 Å². The molecule has 1 aliphatic carbocycles. The van der Waals surface area contributed by atoms with Crippen molar-refractivity contribution in [2.45, 2.75) is 59.0 Å². The van der Waals surface area contributed by atoms with Crippen LogP contribution in [-0.2, 0) is 25.9 Å². The van der Waals surface area contributed by atoms with Gasteiger partial charge >= 0.3 is 0 Å². The van der Waals surface area contributed by atoms with Gasteiger partial charge in [-0.25, -0.2) is 4.98 Å². The summed E-state index contributed by atoms with van der Waals surface area (Å²) in [6, 6.07) is 8.43. The van der Waals surface area contributed by atoms with Crippen LogP contribution in [-0.4, -0.2) is 9.55 Å². The highest BCUT2D eigenvalue weighted by molar-refractivity contribution is 7.18. The molecule has 1 aromatic carbocycles. The Labute approximate surface area is 157 Å². The van der Waals surface area contributed by atoms with E-state index in [4.69, 9.17) is 4.98 Å². The third kappa shape index (κ3) is 3.16. The van der Waals surface area contributed by atoms with Gasteiger partial charge in [0.1, 0.15) is 4.83 Å². The molecule has 0 radical (unpaired) electrons. The van der Waals surface area contributed by atoms with Crippen molar-refractivity contribution in [3.63, 3.8) is 0 Å². The van der Waals surface area contributed by atoms with Gasteiger partial charge in [0.05, 0.1) is 5.39 Å². The molecular weight excluding hydrogens is 342 g/mol. The van der Waals surface area contributed by atoms with Crippen molar-refractivity contribution < 1.29 is 0 Å². The zero-order chi connectivity index (χ0) is 18.1. The smallest absolute Gasteiger partial charge is 0.263 e. The molecule has 4 rings (SSSR count). The minimum atomic E-state index is 0.128. The first-order valence-corrected chi connectivity index (χ1v) is 10.3. The van der Waals surface area contributed by atoms with Crippen LogP contribution in [0.3, 0.4) is 0 Å². The fourth-order valence-electron chi connectivity index (χ4n) is 3.81. The molecule has 2 heterocycles. The minimum Gasteiger partial charge on any atom is -0.351 e. The lowest BCUT2D eigenvalue weighted by atomic mass is 9.97. The molecule has 5 heteroatoms. The molecule has 1 N–H and O–H groups in total. The van der Waals surface area contributed by atoms with E-state index >= 15 is 0 Å². The normalized spacial score (nSPS) is 13.8. The Kier molecular flexibility index (Phi) is 4.81. The second kappa shape index (κ2) is 7.23. The van der Waals surface area contributed by atoms with Crippen molar-refractivity contribution in [1.82, 2.24) is 9.55 Å². The first kappa shape index (κ1) is 17.3. The van der Waals surface area contributed by atoms with E-state index in [1.165, 1.54) is 34.4 Å². The Hall–Kier alpha value is -2.14. The number of benzene rings is 1. The second-order valence-corrected chi connectivity index (χ2v) is 8.21. The Bertz CT molecular complexity index is 1000. The van der Waals surface area contributed by atoms with Gasteiger partial charge in [-0.1, -0.05) is 36.8 Å². The molecule has 0 fully saturated rings. The number of aryl methyl sites for hydroxylation is 3. The first-order chi connectivity index (χ1) is 12.7. The molecule has 2 aromatic heterocycles. The van der Waals surface area contributed by atoms with Gasteiger partial charge in [-0.3, -0.25) is 9.36 Å². The summed E-state index contributed by atoms with van der Waals surface area (Å²) in [7, 11) is 0. The summed E-state index contributed by atoms with van der Waals surface area (Å²) < 4.78 is 1.83. The molecule has 0 atom stereocenters. The summed E-state index contributed by atoms with van der Waals surface area (Å²) in [6.07, 6.45) is 5.43. The van der Waals surface area contributed by atoms with Crippen molar-refractivity contribution in [3.05, 3.63) is 56.2 Å². The van der Waals surface area contributed by atoms with E-state index in [2.05, 4.69) is 43.4 Å². The molecule has 0 spiro atoms. The van der Waals surface area contributed by atoms with Crippen LogP contribution >= 0.6 is 11.3 Å². The van der Waals surface area contributed by atoms with Crippen LogP contribution in [0.25, 0.3) is 10.2 Å². The van der Waals surface area contributed by atoms with Crippen molar-refractivity contribution in [2.24, 2.45) is 0 Å². The van der Waals surface area contributed by atoms with E-state index in [1.54, 1.807) is 11.3 Å². The van der Waals surface area contributed by atoms with E-state index in [9.17, 15) is 4.79 Å². The van der Waals surface area contributed by atoms with Crippen LogP contribution in [0, 0.1) is 6.92 Å². The van der Waals surface area contributed by atoms with Crippen molar-refractivity contribution in [1.29, 1.82) is 0 Å². The zero-order valence-electron chi connectivity index (χ0n) is 15.5. The summed E-state index contributed by atoms with van der Waals surface area (Å²) in [4.78, 5) is 20.4. The van der Waals surface area contributed by atoms with Crippen LogP contribution in [0.1, 0.15) is 47.8 Å². The number of rotatable bonds is 5. The van der Waals surface area contributed by atoms with Gasteiger partial charge in [0.25, 0.3) is 5.56 Å². The standard InChI is InChI=1S/C21H25N3OS/c1-3-11-24-20(25)18-16-9-4-5-10-17(16)26-19(18)23-21(24)22-13-15-8-6-7-14(2)12-15/h6-8,12H,3-5,9-11,13H2,1-2H3,(H,22,23). The van der Waals surface area contributed by atoms with Crippen molar-refractivity contribution >= 4 is 27.5 Å². The Morgan fingerprint density at radius 2 is 2.12 bits per heavy atom. The quantitative estimate of drug-likeness (QED) is 0.713. The molecule has 26 heavy (non-hydrogen) atoms. The van der Waals surface area contributed by atoms with E-state index in [0.717, 1.165) is 29.5 Å². The van der Waals surface area contributed by atoms with E-state index in [1.807, 2.05) is 4.57 Å². The lowest BCUT2D eigenvalue weighted by molar-refractivity contribution is 0.651. The average Bonchev–Trinajstić information content (AvgIpc) is 3.01. The largest absolute Gasteiger partial charge is 0.351 e. The van der Waals surface area contributed by atoms with Crippen LogP contribution in [0.15, 0.2) is 29.1 Å². The molecule has 0 saturated carbocycles. The number of hydrogen-bond donors (Lipinski definition) is 1. The maximum atomic E-state index is 13.2. The highest BCUT2D eigenvalue weighted by atomic mass is 32.1. The van der Waals surface area contributed by atoms with Gasteiger partial charge < -0.3 is 5.32 Å². The maximum Gasteiger partial charge on any atom is 0.263 e. The Balaban J connectivity index is 1.75. The van der Waals surface area contributed by atoms with E-state index in [0.29, 0.717) is 19.0 Å². The van der Waals surface area contributed by atoms with Crippen LogP contribution in [0.4, 0.5) is 5.95 Å². The zero-order valence-corrected chi connectivity index (χ0v) is 16.3. The lowest BCUT2D eigenvalue weighted by Crippen LogP contribution is -2.25. The maximum absolute atomic E-state index is 13.2. The number of hydrogen-bond acceptors (Lipinski definition) is 4. The number of aromatic nitrogens is 2. The molecule has 0 unspecified atom stereocenters. The highest BCUT2D eigenvalue weighted by Gasteiger charge is 2.21. The highest BCUT2D eigenvalue weighted by Crippen LogP contribution is 2.34. The molecular formula is C21H25N3OS. The van der Waals surface area contributed by atoms with Gasteiger partial charge in [-0.2, -0.15) is 0 Å². The number of nitrogens with one attached hydrogen (secondary N) is 1. The third-order valence-corrected chi connectivity index (χ3v) is 6.24. The number of anilines is 1. The van der Waals surface area contributed by atoms with E-state index < -0.39 is 0 Å². The van der Waals surface area contributed by atoms with Gasteiger partial charge in [-0.15, -0.1) is 11.3 Å². The minimum absolute atomic E-state index is 0.128. The van der Waals surface area contributed by atoms with Crippen LogP contribution < -0.4 is 10.9 Å². The fraction of sp³-hybridized carbons (Fsp3) is 0.429. The SMILES string of the molecule is CCCn1c(NCc2cccc(C)c2)nc2sc3c(c2c1=O)CCCC3. The molecule has 0 amide bonds.